The highest BCUT2D eigenvalue weighted by Crippen LogP contribution is 2.49. The van der Waals surface area contributed by atoms with Gasteiger partial charge in [-0.15, -0.1) is 0 Å². The molecule has 126 valence electrons. The van der Waals surface area contributed by atoms with Crippen molar-refractivity contribution < 1.29 is 18.3 Å². The lowest BCUT2D eigenvalue weighted by molar-refractivity contribution is -0.134. The van der Waals surface area contributed by atoms with E-state index in [9.17, 15) is 13.6 Å². The maximum Gasteiger partial charge on any atom is 0.387 e. The maximum absolute atomic E-state index is 12.6. The van der Waals surface area contributed by atoms with Gasteiger partial charge in [0.15, 0.2) is 0 Å². The largest absolute Gasteiger partial charge is 0.435 e. The Hall–Kier alpha value is -2.51. The highest BCUT2D eigenvalue weighted by atomic mass is 19.3. The van der Waals surface area contributed by atoms with Gasteiger partial charge in [0.2, 0.25) is 5.91 Å². The highest BCUT2D eigenvalue weighted by Gasteiger charge is 2.46. The molecule has 1 aromatic heterocycles. The molecular formula is C16H16F2N4O2. The summed E-state index contributed by atoms with van der Waals surface area (Å²) in [7, 11) is 0. The zero-order valence-electron chi connectivity index (χ0n) is 12.8. The number of hydrogen-bond acceptors (Lipinski definition) is 4. The van der Waals surface area contributed by atoms with Crippen LogP contribution >= 0.6 is 0 Å². The Morgan fingerprint density at radius 1 is 1.25 bits per heavy atom. The fourth-order valence-corrected chi connectivity index (χ4v) is 3.22. The number of alkyl halides is 2. The van der Waals surface area contributed by atoms with Gasteiger partial charge in [-0.1, -0.05) is 12.1 Å². The summed E-state index contributed by atoms with van der Waals surface area (Å²) in [5.74, 6) is 1.18. The Kier molecular flexibility index (Phi) is 3.66. The van der Waals surface area contributed by atoms with Gasteiger partial charge in [-0.3, -0.25) is 4.79 Å². The average Bonchev–Trinajstić information content (AvgIpc) is 3.23. The van der Waals surface area contributed by atoms with E-state index >= 15 is 0 Å². The molecule has 24 heavy (non-hydrogen) atoms. The average molecular weight is 334 g/mol. The number of nitrogens with zero attached hydrogens (tertiary/aromatic N) is 4. The monoisotopic (exact) mass is 334 g/mol. The first-order valence-corrected chi connectivity index (χ1v) is 7.82. The number of benzene rings is 1. The van der Waals surface area contributed by atoms with E-state index in [4.69, 9.17) is 0 Å². The zero-order valence-corrected chi connectivity index (χ0v) is 12.8. The van der Waals surface area contributed by atoms with Crippen molar-refractivity contribution in [3.05, 3.63) is 42.0 Å². The molecule has 4 rings (SSSR count). The van der Waals surface area contributed by atoms with Gasteiger partial charge in [0.1, 0.15) is 17.9 Å². The third-order valence-corrected chi connectivity index (χ3v) is 4.56. The Labute approximate surface area is 137 Å². The lowest BCUT2D eigenvalue weighted by atomic mass is 10.1. The number of aromatic nitrogens is 3. The summed E-state index contributed by atoms with van der Waals surface area (Å²) in [4.78, 5) is 18.6. The third-order valence-electron chi connectivity index (χ3n) is 4.56. The standard InChI is InChI=1S/C16H16F2N4O2/c17-16(18)24-11-3-1-10(2-4-11)12-7-13(12)15(23)21-5-6-22-14(8-21)19-9-20-22/h1-4,9,12-13,16H,5-8H2/t12-,13+/m0/s1. The number of ether oxygens (including phenoxy) is 1. The van der Waals surface area contributed by atoms with Crippen LogP contribution in [0.3, 0.4) is 0 Å². The molecular weight excluding hydrogens is 318 g/mol. The first-order chi connectivity index (χ1) is 11.6. The SMILES string of the molecule is O=C([C@@H]1C[C@H]1c1ccc(OC(F)F)cc1)N1CCn2ncnc2C1. The summed E-state index contributed by atoms with van der Waals surface area (Å²) in [5.41, 5.74) is 0.982. The molecule has 0 bridgehead atoms. The molecule has 1 amide bonds. The van der Waals surface area contributed by atoms with Crippen molar-refractivity contribution in [2.45, 2.75) is 32.0 Å². The van der Waals surface area contributed by atoms with Crippen molar-refractivity contribution >= 4 is 5.91 Å². The number of carbonyl (C=O) groups excluding carboxylic acids is 1. The quantitative estimate of drug-likeness (QED) is 0.858. The van der Waals surface area contributed by atoms with Crippen LogP contribution < -0.4 is 4.74 Å². The fourth-order valence-electron chi connectivity index (χ4n) is 3.22. The topological polar surface area (TPSA) is 60.2 Å². The van der Waals surface area contributed by atoms with Crippen LogP contribution in [-0.2, 0) is 17.9 Å². The third kappa shape index (κ3) is 2.83. The second-order valence-corrected chi connectivity index (χ2v) is 6.06. The van der Waals surface area contributed by atoms with Gasteiger partial charge in [-0.2, -0.15) is 13.9 Å². The molecule has 2 heterocycles. The summed E-state index contributed by atoms with van der Waals surface area (Å²) in [6.07, 6.45) is 2.29. The molecule has 2 aliphatic rings. The van der Waals surface area contributed by atoms with Gasteiger partial charge in [-0.05, 0) is 30.0 Å². The van der Waals surface area contributed by atoms with Gasteiger partial charge >= 0.3 is 6.61 Å². The van der Waals surface area contributed by atoms with Crippen LogP contribution in [0.4, 0.5) is 8.78 Å². The molecule has 0 spiro atoms. The summed E-state index contributed by atoms with van der Waals surface area (Å²) in [6.45, 7) is -1.03. The van der Waals surface area contributed by atoms with E-state index in [0.29, 0.717) is 19.6 Å². The molecule has 2 aromatic rings. The Morgan fingerprint density at radius 2 is 2.04 bits per heavy atom. The van der Waals surface area contributed by atoms with Crippen molar-refractivity contribution in [3.8, 4) is 5.75 Å². The maximum atomic E-state index is 12.6. The smallest absolute Gasteiger partial charge is 0.387 e. The molecule has 1 aliphatic carbocycles. The van der Waals surface area contributed by atoms with Crippen LogP contribution in [0.25, 0.3) is 0 Å². The predicted octanol–water partition coefficient (Wildman–Crippen LogP) is 2.03. The number of hydrogen-bond donors (Lipinski definition) is 0. The first kappa shape index (κ1) is 15.0. The predicted molar refractivity (Wildman–Crippen MR) is 79.4 cm³/mol. The summed E-state index contributed by atoms with van der Waals surface area (Å²) in [6, 6.07) is 6.54. The normalized spacial score (nSPS) is 22.4. The van der Waals surface area contributed by atoms with Crippen LogP contribution in [0.1, 0.15) is 23.7 Å². The van der Waals surface area contributed by atoms with Crippen LogP contribution in [0.15, 0.2) is 30.6 Å². The van der Waals surface area contributed by atoms with Crippen LogP contribution in [0.2, 0.25) is 0 Å². The second kappa shape index (κ2) is 5.85. The molecule has 2 atom stereocenters. The number of halogens is 2. The number of fused-ring (bicyclic) bond motifs is 1. The lowest BCUT2D eigenvalue weighted by Gasteiger charge is -2.27. The zero-order chi connectivity index (χ0) is 16.7. The van der Waals surface area contributed by atoms with Crippen molar-refractivity contribution in [1.29, 1.82) is 0 Å². The molecule has 0 unspecified atom stereocenters. The molecule has 1 aliphatic heterocycles. The van der Waals surface area contributed by atoms with E-state index in [0.717, 1.165) is 17.8 Å². The Bertz CT molecular complexity index is 747. The number of rotatable bonds is 4. The minimum absolute atomic E-state index is 0.0404. The molecule has 6 nitrogen and oxygen atoms in total. The first-order valence-electron chi connectivity index (χ1n) is 7.82. The van der Waals surface area contributed by atoms with E-state index < -0.39 is 6.61 Å². The van der Waals surface area contributed by atoms with Crippen molar-refractivity contribution in [3.63, 3.8) is 0 Å². The van der Waals surface area contributed by atoms with Gasteiger partial charge in [0, 0.05) is 12.5 Å². The van der Waals surface area contributed by atoms with Crippen molar-refractivity contribution in [1.82, 2.24) is 19.7 Å². The Morgan fingerprint density at radius 3 is 2.79 bits per heavy atom. The summed E-state index contributed by atoms with van der Waals surface area (Å²) >= 11 is 0. The van der Waals surface area contributed by atoms with Gasteiger partial charge in [0.25, 0.3) is 0 Å². The Balaban J connectivity index is 1.38. The van der Waals surface area contributed by atoms with Crippen molar-refractivity contribution in [2.75, 3.05) is 6.54 Å². The van der Waals surface area contributed by atoms with E-state index in [-0.39, 0.29) is 23.5 Å². The van der Waals surface area contributed by atoms with Crippen LogP contribution in [-0.4, -0.2) is 38.7 Å². The minimum Gasteiger partial charge on any atom is -0.435 e. The molecule has 0 N–H and O–H groups in total. The van der Waals surface area contributed by atoms with Gasteiger partial charge in [0.05, 0.1) is 13.1 Å². The van der Waals surface area contributed by atoms with E-state index in [1.165, 1.54) is 18.5 Å². The molecule has 8 heteroatoms. The van der Waals surface area contributed by atoms with Gasteiger partial charge < -0.3 is 9.64 Å². The summed E-state index contributed by atoms with van der Waals surface area (Å²) in [5, 5.41) is 4.10. The highest BCUT2D eigenvalue weighted by molar-refractivity contribution is 5.83. The van der Waals surface area contributed by atoms with Crippen molar-refractivity contribution in [2.24, 2.45) is 5.92 Å². The van der Waals surface area contributed by atoms with Gasteiger partial charge in [-0.25, -0.2) is 9.67 Å². The molecule has 0 saturated heterocycles. The van der Waals surface area contributed by atoms with E-state index in [2.05, 4.69) is 14.8 Å². The summed E-state index contributed by atoms with van der Waals surface area (Å²) < 4.78 is 30.5. The molecule has 1 fully saturated rings. The van der Waals surface area contributed by atoms with E-state index in [1.54, 1.807) is 12.1 Å². The van der Waals surface area contributed by atoms with Crippen LogP contribution in [0.5, 0.6) is 5.75 Å². The lowest BCUT2D eigenvalue weighted by Crippen LogP contribution is -2.39. The molecule has 1 aromatic carbocycles. The number of amides is 1. The second-order valence-electron chi connectivity index (χ2n) is 6.06. The fraction of sp³-hybridized carbons (Fsp3) is 0.438. The van der Waals surface area contributed by atoms with Crippen LogP contribution in [0, 0.1) is 5.92 Å². The van der Waals surface area contributed by atoms with E-state index in [1.807, 2.05) is 9.58 Å². The molecule has 0 radical (unpaired) electrons. The minimum atomic E-state index is -2.83. The number of carbonyl (C=O) groups is 1. The molecule has 1 saturated carbocycles.